The van der Waals surface area contributed by atoms with Crippen LogP contribution < -0.4 is 28.4 Å². The van der Waals surface area contributed by atoms with Crippen LogP contribution in [0, 0.1) is 5.92 Å². The predicted molar refractivity (Wildman–Crippen MR) is 133 cm³/mol. The van der Waals surface area contributed by atoms with Gasteiger partial charge in [-0.15, -0.1) is 0 Å². The summed E-state index contributed by atoms with van der Waals surface area (Å²) in [6.45, 7) is 5.69. The summed E-state index contributed by atoms with van der Waals surface area (Å²) in [5, 5.41) is 12.0. The minimum atomic E-state index is -1.76. The molecule has 11 nitrogen and oxygen atoms in total. The van der Waals surface area contributed by atoms with Crippen molar-refractivity contribution in [3.8, 4) is 45.6 Å². The van der Waals surface area contributed by atoms with Crippen LogP contribution in [0.2, 0.25) is 0 Å². The molecule has 1 aliphatic heterocycles. The third kappa shape index (κ3) is 4.20. The third-order valence-electron chi connectivity index (χ3n) is 7.04. The number of fused-ring (bicyclic) bond motifs is 4. The van der Waals surface area contributed by atoms with E-state index in [0.29, 0.717) is 33.8 Å². The number of hydrogen-bond donors (Lipinski definition) is 1. The van der Waals surface area contributed by atoms with Gasteiger partial charge in [-0.2, -0.15) is 0 Å². The Morgan fingerprint density at radius 3 is 2.03 bits per heavy atom. The maximum Gasteiger partial charge on any atom is 0.303 e. The van der Waals surface area contributed by atoms with Gasteiger partial charge in [0, 0.05) is 42.0 Å². The van der Waals surface area contributed by atoms with E-state index in [1.165, 1.54) is 49.2 Å². The first kappa shape index (κ1) is 27.2. The van der Waals surface area contributed by atoms with Gasteiger partial charge in [0.2, 0.25) is 18.3 Å². The van der Waals surface area contributed by atoms with Crippen LogP contribution in [-0.2, 0) is 19.1 Å². The fraction of sp³-hybridized carbons (Fsp3) is 0.481. The summed E-state index contributed by atoms with van der Waals surface area (Å²) in [5.41, 5.74) is -0.151. The predicted octanol–water partition coefficient (Wildman–Crippen LogP) is 3.73. The Hall–Kier alpha value is -3.86. The Balaban J connectivity index is 2.27. The Morgan fingerprint density at radius 2 is 1.47 bits per heavy atom. The van der Waals surface area contributed by atoms with Gasteiger partial charge < -0.3 is 43.0 Å². The molecule has 2 aliphatic rings. The molecule has 1 N–H and O–H groups in total. The van der Waals surface area contributed by atoms with Crippen LogP contribution in [0.25, 0.3) is 11.1 Å². The molecule has 0 bridgehead atoms. The van der Waals surface area contributed by atoms with Gasteiger partial charge in [0.25, 0.3) is 0 Å². The van der Waals surface area contributed by atoms with Gasteiger partial charge in [-0.25, -0.2) is 0 Å². The molecule has 0 fully saturated rings. The molecule has 1 aliphatic carbocycles. The number of hydrogen-bond acceptors (Lipinski definition) is 11. The van der Waals surface area contributed by atoms with Crippen molar-refractivity contribution in [3.63, 3.8) is 0 Å². The smallest absolute Gasteiger partial charge is 0.303 e. The van der Waals surface area contributed by atoms with Crippen molar-refractivity contribution in [2.24, 2.45) is 5.92 Å². The molecular formula is C27H32O11. The van der Waals surface area contributed by atoms with Gasteiger partial charge in [0.1, 0.15) is 11.7 Å². The second-order valence-corrected chi connectivity index (χ2v) is 9.25. The average Bonchev–Trinajstić information content (AvgIpc) is 3.35. The quantitative estimate of drug-likeness (QED) is 0.547. The molecule has 0 saturated carbocycles. The highest BCUT2D eigenvalue weighted by atomic mass is 16.7. The van der Waals surface area contributed by atoms with Crippen molar-refractivity contribution >= 4 is 11.9 Å². The number of rotatable bonds is 6. The van der Waals surface area contributed by atoms with Crippen LogP contribution >= 0.6 is 0 Å². The molecule has 206 valence electrons. The Kier molecular flexibility index (Phi) is 7.24. The molecule has 2 aromatic rings. The zero-order chi connectivity index (χ0) is 27.9. The molecule has 11 heteroatoms. The monoisotopic (exact) mass is 532 g/mol. The highest BCUT2D eigenvalue weighted by Crippen LogP contribution is 2.61. The first-order chi connectivity index (χ1) is 18.0. The molecule has 0 radical (unpaired) electrons. The lowest BCUT2D eigenvalue weighted by molar-refractivity contribution is -0.183. The fourth-order valence-corrected chi connectivity index (χ4v) is 5.17. The van der Waals surface area contributed by atoms with Crippen LogP contribution in [0.4, 0.5) is 0 Å². The van der Waals surface area contributed by atoms with Gasteiger partial charge >= 0.3 is 11.9 Å². The lowest BCUT2D eigenvalue weighted by atomic mass is 9.71. The first-order valence-corrected chi connectivity index (χ1v) is 11.9. The molecule has 1 heterocycles. The van der Waals surface area contributed by atoms with Crippen molar-refractivity contribution < 1.29 is 52.6 Å². The molecule has 0 aromatic heterocycles. The zero-order valence-electron chi connectivity index (χ0n) is 22.6. The number of aliphatic hydroxyl groups is 1. The highest BCUT2D eigenvalue weighted by molar-refractivity contribution is 5.89. The van der Waals surface area contributed by atoms with Crippen molar-refractivity contribution in [2.45, 2.75) is 45.5 Å². The summed E-state index contributed by atoms with van der Waals surface area (Å²) in [7, 11) is 5.82. The van der Waals surface area contributed by atoms with E-state index in [0.717, 1.165) is 0 Å². The van der Waals surface area contributed by atoms with Crippen molar-refractivity contribution in [1.29, 1.82) is 0 Å². The first-order valence-electron chi connectivity index (χ1n) is 11.9. The van der Waals surface area contributed by atoms with Crippen molar-refractivity contribution in [1.82, 2.24) is 0 Å². The topological polar surface area (TPSA) is 128 Å². The van der Waals surface area contributed by atoms with Gasteiger partial charge in [-0.05, 0) is 19.1 Å². The summed E-state index contributed by atoms with van der Waals surface area (Å²) in [6.07, 6.45) is -2.27. The summed E-state index contributed by atoms with van der Waals surface area (Å²) in [4.78, 5) is 24.7. The summed E-state index contributed by atoms with van der Waals surface area (Å²) in [5.74, 6) is -0.290. The minimum absolute atomic E-state index is 0.0495. The highest BCUT2D eigenvalue weighted by Gasteiger charge is 2.51. The molecule has 2 aromatic carbocycles. The Bertz CT molecular complexity index is 1270. The zero-order valence-corrected chi connectivity index (χ0v) is 22.6. The van der Waals surface area contributed by atoms with E-state index in [2.05, 4.69) is 0 Å². The van der Waals surface area contributed by atoms with Crippen LogP contribution in [0.5, 0.6) is 34.5 Å². The third-order valence-corrected chi connectivity index (χ3v) is 7.04. The molecule has 4 atom stereocenters. The molecule has 0 amide bonds. The molecule has 4 rings (SSSR count). The summed E-state index contributed by atoms with van der Waals surface area (Å²) >= 11 is 0. The van der Waals surface area contributed by atoms with E-state index in [1.54, 1.807) is 19.1 Å². The summed E-state index contributed by atoms with van der Waals surface area (Å²) in [6, 6.07) is 3.30. The Morgan fingerprint density at radius 1 is 0.868 bits per heavy atom. The molecule has 0 saturated heterocycles. The largest absolute Gasteiger partial charge is 0.493 e. The second-order valence-electron chi connectivity index (χ2n) is 9.25. The van der Waals surface area contributed by atoms with Crippen molar-refractivity contribution in [2.75, 3.05) is 35.2 Å². The molecule has 0 spiro atoms. The van der Waals surface area contributed by atoms with Gasteiger partial charge in [-0.3, -0.25) is 9.59 Å². The summed E-state index contributed by atoms with van der Waals surface area (Å²) < 4.78 is 45.9. The number of carbonyl (C=O) groups excluding carboxylic acids is 2. The Labute approximate surface area is 220 Å². The van der Waals surface area contributed by atoms with E-state index in [-0.39, 0.29) is 29.8 Å². The van der Waals surface area contributed by atoms with Crippen LogP contribution in [0.15, 0.2) is 12.1 Å². The van der Waals surface area contributed by atoms with E-state index in [4.69, 9.17) is 37.9 Å². The number of methoxy groups -OCH3 is 4. The van der Waals surface area contributed by atoms with E-state index >= 15 is 0 Å². The van der Waals surface area contributed by atoms with Gasteiger partial charge in [0.05, 0.1) is 28.4 Å². The number of benzene rings is 2. The minimum Gasteiger partial charge on any atom is -0.493 e. The maximum absolute atomic E-state index is 12.4. The van der Waals surface area contributed by atoms with E-state index in [9.17, 15) is 14.7 Å². The molecular weight excluding hydrogens is 500 g/mol. The standard InChI is InChI=1S/C27H32O11/c1-12-21(37-13(2)28)15-9-18-23(36-11-35-18)25(34-8)19(15)20-16(26(27(12,4)30)38-14(3)29)10-17(31-5)22(32-6)24(20)33-7/h9-10,12,21,26,30H,11H2,1-8H3/t12-,21-,26-,27-/m0/s1. The number of carbonyl (C=O) groups is 2. The van der Waals surface area contributed by atoms with Crippen LogP contribution in [-0.4, -0.2) is 57.9 Å². The van der Waals surface area contributed by atoms with E-state index < -0.39 is 35.7 Å². The maximum atomic E-state index is 12.4. The second kappa shape index (κ2) is 10.1. The lowest BCUT2D eigenvalue weighted by Gasteiger charge is -2.43. The van der Waals surface area contributed by atoms with Crippen molar-refractivity contribution in [3.05, 3.63) is 23.3 Å². The molecule has 0 unspecified atom stereocenters. The van der Waals surface area contributed by atoms with Crippen LogP contribution in [0.3, 0.4) is 0 Å². The lowest BCUT2D eigenvalue weighted by Crippen LogP contribution is -2.46. The number of esters is 2. The molecule has 38 heavy (non-hydrogen) atoms. The normalized spacial score (nSPS) is 23.2. The average molecular weight is 533 g/mol. The van der Waals surface area contributed by atoms with E-state index in [1.807, 2.05) is 0 Å². The number of ether oxygens (including phenoxy) is 8. The van der Waals surface area contributed by atoms with Gasteiger partial charge in [-0.1, -0.05) is 6.92 Å². The van der Waals surface area contributed by atoms with Gasteiger partial charge in [0.15, 0.2) is 29.1 Å². The SMILES string of the molecule is COc1cc2c(c(OC)c1OC)-c1c(cc3c(c1OC)OCO3)[C@@H](OC(C)=O)[C@H](C)[C@](C)(O)[C@H]2OC(C)=O. The fourth-order valence-electron chi connectivity index (χ4n) is 5.17. The van der Waals surface area contributed by atoms with Crippen LogP contribution in [0.1, 0.15) is 51.0 Å².